The molecule has 0 fully saturated rings. The normalized spacial score (nSPS) is 10.3. The molecule has 0 heterocycles. The highest BCUT2D eigenvalue weighted by atomic mass is 35.5. The van der Waals surface area contributed by atoms with E-state index in [0.717, 1.165) is 5.56 Å². The maximum absolute atomic E-state index is 10.9. The van der Waals surface area contributed by atoms with Gasteiger partial charge >= 0.3 is 5.97 Å². The third kappa shape index (κ3) is 3.24. The summed E-state index contributed by atoms with van der Waals surface area (Å²) in [5, 5.41) is 10.0. The number of carboxylic acid groups (broad SMARTS) is 1. The van der Waals surface area contributed by atoms with Gasteiger partial charge in [-0.05, 0) is 36.8 Å². The molecule has 0 bridgehead atoms. The van der Waals surface area contributed by atoms with Crippen molar-refractivity contribution in [2.75, 3.05) is 0 Å². The van der Waals surface area contributed by atoms with Gasteiger partial charge in [0.15, 0.2) is 0 Å². The summed E-state index contributed by atoms with van der Waals surface area (Å²) in [6, 6.07) is 9.94. The fourth-order valence-electron chi connectivity index (χ4n) is 1.71. The molecule has 0 unspecified atom stereocenters. The van der Waals surface area contributed by atoms with Gasteiger partial charge < -0.3 is 9.84 Å². The van der Waals surface area contributed by atoms with Crippen LogP contribution in [0.15, 0.2) is 36.4 Å². The fourth-order valence-corrected chi connectivity index (χ4v) is 2.22. The molecule has 2 rings (SSSR count). The monoisotopic (exact) mass is 310 g/mol. The van der Waals surface area contributed by atoms with Gasteiger partial charge in [-0.1, -0.05) is 35.3 Å². The minimum atomic E-state index is -0.995. The molecule has 3 nitrogen and oxygen atoms in total. The molecule has 20 heavy (non-hydrogen) atoms. The van der Waals surface area contributed by atoms with Gasteiger partial charge in [0.1, 0.15) is 12.4 Å². The minimum Gasteiger partial charge on any atom is -0.488 e. The molecule has 0 saturated carbocycles. The summed E-state index contributed by atoms with van der Waals surface area (Å²) in [6.07, 6.45) is 0. The Bertz CT molecular complexity index is 633. The van der Waals surface area contributed by atoms with E-state index in [1.165, 1.54) is 12.1 Å². The fraction of sp³-hybridized carbons (Fsp3) is 0.133. The van der Waals surface area contributed by atoms with E-state index in [4.69, 9.17) is 33.0 Å². The predicted octanol–water partition coefficient (Wildman–Crippen LogP) is 4.58. The summed E-state index contributed by atoms with van der Waals surface area (Å²) >= 11 is 12.1. The summed E-state index contributed by atoms with van der Waals surface area (Å²) in [5.74, 6) is -0.494. The van der Waals surface area contributed by atoms with Crippen molar-refractivity contribution < 1.29 is 14.6 Å². The van der Waals surface area contributed by atoms with Gasteiger partial charge in [0.05, 0.1) is 5.56 Å². The Kier molecular flexibility index (Phi) is 4.53. The second-order valence-corrected chi connectivity index (χ2v) is 5.09. The lowest BCUT2D eigenvalue weighted by Gasteiger charge is -2.12. The van der Waals surface area contributed by atoms with Crippen molar-refractivity contribution in [2.24, 2.45) is 0 Å². The minimum absolute atomic E-state index is 0.177. The van der Waals surface area contributed by atoms with Crippen LogP contribution in [-0.2, 0) is 6.61 Å². The SMILES string of the molecule is Cc1ccc(C(=O)O)cc1OCc1c(Cl)cccc1Cl. The molecule has 2 aromatic rings. The molecule has 104 valence electrons. The first-order valence-electron chi connectivity index (χ1n) is 5.88. The summed E-state index contributed by atoms with van der Waals surface area (Å²) in [5.41, 5.74) is 1.70. The van der Waals surface area contributed by atoms with E-state index in [2.05, 4.69) is 0 Å². The third-order valence-electron chi connectivity index (χ3n) is 2.87. The third-order valence-corrected chi connectivity index (χ3v) is 3.58. The van der Waals surface area contributed by atoms with Crippen LogP contribution in [0.25, 0.3) is 0 Å². The van der Waals surface area contributed by atoms with Gasteiger partial charge in [0.2, 0.25) is 0 Å². The van der Waals surface area contributed by atoms with Gasteiger partial charge in [-0.3, -0.25) is 0 Å². The zero-order chi connectivity index (χ0) is 14.7. The topological polar surface area (TPSA) is 46.5 Å². The number of halogens is 2. The molecule has 0 amide bonds. The predicted molar refractivity (Wildman–Crippen MR) is 78.9 cm³/mol. The lowest BCUT2D eigenvalue weighted by molar-refractivity contribution is 0.0696. The van der Waals surface area contributed by atoms with Gasteiger partial charge in [-0.15, -0.1) is 0 Å². The van der Waals surface area contributed by atoms with Crippen molar-refractivity contribution in [1.82, 2.24) is 0 Å². The van der Waals surface area contributed by atoms with Crippen molar-refractivity contribution in [3.63, 3.8) is 0 Å². The van der Waals surface area contributed by atoms with Crippen molar-refractivity contribution in [3.8, 4) is 5.75 Å². The van der Waals surface area contributed by atoms with Gasteiger partial charge in [-0.2, -0.15) is 0 Å². The van der Waals surface area contributed by atoms with Crippen LogP contribution in [0.4, 0.5) is 0 Å². The number of carboxylic acids is 1. The Morgan fingerprint density at radius 1 is 1.20 bits per heavy atom. The van der Waals surface area contributed by atoms with Crippen LogP contribution >= 0.6 is 23.2 Å². The molecule has 0 radical (unpaired) electrons. The van der Waals surface area contributed by atoms with Crippen molar-refractivity contribution >= 4 is 29.2 Å². The van der Waals surface area contributed by atoms with Crippen molar-refractivity contribution in [1.29, 1.82) is 0 Å². The number of hydrogen-bond donors (Lipinski definition) is 1. The lowest BCUT2D eigenvalue weighted by Crippen LogP contribution is -2.02. The molecule has 1 N–H and O–H groups in total. The van der Waals surface area contributed by atoms with E-state index in [0.29, 0.717) is 21.4 Å². The van der Waals surface area contributed by atoms with Crippen molar-refractivity contribution in [3.05, 3.63) is 63.1 Å². The number of aryl methyl sites for hydroxylation is 1. The van der Waals surface area contributed by atoms with Crippen LogP contribution in [0, 0.1) is 6.92 Å². The summed E-state index contributed by atoms with van der Waals surface area (Å²) in [6.45, 7) is 2.03. The number of benzene rings is 2. The molecule has 0 aliphatic rings. The largest absolute Gasteiger partial charge is 0.488 e. The molecule has 2 aromatic carbocycles. The summed E-state index contributed by atoms with van der Waals surface area (Å²) in [4.78, 5) is 10.9. The molecule has 0 aliphatic carbocycles. The quantitative estimate of drug-likeness (QED) is 0.899. The van der Waals surface area contributed by atoms with E-state index >= 15 is 0 Å². The van der Waals surface area contributed by atoms with Gasteiger partial charge in [0.25, 0.3) is 0 Å². The number of ether oxygens (including phenoxy) is 1. The number of carbonyl (C=O) groups is 1. The molecular formula is C15H12Cl2O3. The van der Waals surface area contributed by atoms with Crippen LogP contribution in [-0.4, -0.2) is 11.1 Å². The van der Waals surface area contributed by atoms with Crippen LogP contribution < -0.4 is 4.74 Å². The Hall–Kier alpha value is -1.71. The highest BCUT2D eigenvalue weighted by molar-refractivity contribution is 6.35. The first-order chi connectivity index (χ1) is 9.49. The van der Waals surface area contributed by atoms with E-state index in [1.54, 1.807) is 24.3 Å². The zero-order valence-electron chi connectivity index (χ0n) is 10.7. The number of aromatic carboxylic acids is 1. The van der Waals surface area contributed by atoms with Crippen LogP contribution in [0.1, 0.15) is 21.5 Å². The highest BCUT2D eigenvalue weighted by Gasteiger charge is 2.10. The first kappa shape index (κ1) is 14.7. The number of rotatable bonds is 4. The molecule has 0 aromatic heterocycles. The van der Waals surface area contributed by atoms with Crippen LogP contribution in [0.5, 0.6) is 5.75 Å². The van der Waals surface area contributed by atoms with Gasteiger partial charge in [-0.25, -0.2) is 4.79 Å². The van der Waals surface area contributed by atoms with E-state index in [-0.39, 0.29) is 12.2 Å². The average molecular weight is 311 g/mol. The smallest absolute Gasteiger partial charge is 0.335 e. The molecule has 0 saturated heterocycles. The molecule has 0 atom stereocenters. The molecule has 0 aliphatic heterocycles. The highest BCUT2D eigenvalue weighted by Crippen LogP contribution is 2.27. The molecule has 5 heteroatoms. The van der Waals surface area contributed by atoms with Crippen molar-refractivity contribution in [2.45, 2.75) is 13.5 Å². The maximum Gasteiger partial charge on any atom is 0.335 e. The lowest BCUT2D eigenvalue weighted by atomic mass is 10.1. The molecule has 0 spiro atoms. The summed E-state index contributed by atoms with van der Waals surface area (Å²) < 4.78 is 5.64. The van der Waals surface area contributed by atoms with Crippen LogP contribution in [0.2, 0.25) is 10.0 Å². The summed E-state index contributed by atoms with van der Waals surface area (Å²) in [7, 11) is 0. The average Bonchev–Trinajstić information content (AvgIpc) is 2.39. The Morgan fingerprint density at radius 3 is 2.45 bits per heavy atom. The zero-order valence-corrected chi connectivity index (χ0v) is 12.2. The maximum atomic E-state index is 10.9. The Labute approximate surface area is 126 Å². The standard InChI is InChI=1S/C15H12Cl2O3/c1-9-5-6-10(15(18)19)7-14(9)20-8-11-12(16)3-2-4-13(11)17/h2-7H,8H2,1H3,(H,18,19). The Balaban J connectivity index is 2.23. The van der Waals surface area contributed by atoms with E-state index in [9.17, 15) is 4.79 Å². The van der Waals surface area contributed by atoms with Crippen LogP contribution in [0.3, 0.4) is 0 Å². The number of hydrogen-bond acceptors (Lipinski definition) is 2. The van der Waals surface area contributed by atoms with E-state index < -0.39 is 5.97 Å². The second-order valence-electron chi connectivity index (χ2n) is 4.27. The Morgan fingerprint density at radius 2 is 1.85 bits per heavy atom. The van der Waals surface area contributed by atoms with E-state index in [1.807, 2.05) is 6.92 Å². The second kappa shape index (κ2) is 6.16. The first-order valence-corrected chi connectivity index (χ1v) is 6.64. The molecular weight excluding hydrogens is 299 g/mol. The van der Waals surface area contributed by atoms with Gasteiger partial charge in [0, 0.05) is 15.6 Å².